The lowest BCUT2D eigenvalue weighted by molar-refractivity contribution is 0.223. The van der Waals surface area contributed by atoms with Crippen molar-refractivity contribution in [3.8, 4) is 0 Å². The second kappa shape index (κ2) is 4.94. The summed E-state index contributed by atoms with van der Waals surface area (Å²) in [5.74, 6) is 1.67. The van der Waals surface area contributed by atoms with Gasteiger partial charge in [0.25, 0.3) is 0 Å². The quantitative estimate of drug-likeness (QED) is 0.886. The topological polar surface area (TPSA) is 44.0 Å². The lowest BCUT2D eigenvalue weighted by Crippen LogP contribution is -2.28. The van der Waals surface area contributed by atoms with E-state index < -0.39 is 0 Å². The molecule has 0 radical (unpaired) electrons. The monoisotopic (exact) mass is 258 g/mol. The second-order valence-corrected chi connectivity index (χ2v) is 5.76. The molecule has 19 heavy (non-hydrogen) atoms. The van der Waals surface area contributed by atoms with Crippen molar-refractivity contribution in [1.82, 2.24) is 20.2 Å². The standard InChI is InChI=1S/C15H22N4/c1-10-17-13-5-4-11(8-14(13)18-10)15(19(2)3)12-6-7-16-9-12/h4-5,8,12,15-16H,6-7,9H2,1-3H3,(H,17,18). The van der Waals surface area contributed by atoms with E-state index in [4.69, 9.17) is 0 Å². The van der Waals surface area contributed by atoms with Crippen LogP contribution in [-0.2, 0) is 0 Å². The minimum absolute atomic E-state index is 0.475. The number of aryl methyl sites for hydroxylation is 1. The first-order valence-electron chi connectivity index (χ1n) is 6.98. The van der Waals surface area contributed by atoms with Gasteiger partial charge < -0.3 is 15.2 Å². The summed E-state index contributed by atoms with van der Waals surface area (Å²) in [5, 5.41) is 3.47. The van der Waals surface area contributed by atoms with Gasteiger partial charge in [-0.3, -0.25) is 0 Å². The van der Waals surface area contributed by atoms with Gasteiger partial charge in [-0.25, -0.2) is 4.98 Å². The molecule has 0 spiro atoms. The van der Waals surface area contributed by atoms with E-state index in [1.54, 1.807) is 0 Å². The van der Waals surface area contributed by atoms with Gasteiger partial charge in [0.15, 0.2) is 0 Å². The highest BCUT2D eigenvalue weighted by Crippen LogP contribution is 2.32. The molecular formula is C15H22N4. The van der Waals surface area contributed by atoms with E-state index in [1.807, 2.05) is 6.92 Å². The van der Waals surface area contributed by atoms with Crippen molar-refractivity contribution in [3.05, 3.63) is 29.6 Å². The molecule has 2 heterocycles. The van der Waals surface area contributed by atoms with Crippen molar-refractivity contribution >= 4 is 11.0 Å². The number of benzene rings is 1. The third kappa shape index (κ3) is 2.38. The predicted molar refractivity (Wildman–Crippen MR) is 78.2 cm³/mol. The molecule has 1 aliphatic rings. The van der Waals surface area contributed by atoms with Crippen LogP contribution in [0, 0.1) is 12.8 Å². The molecule has 4 nitrogen and oxygen atoms in total. The number of fused-ring (bicyclic) bond motifs is 1. The molecule has 1 aromatic heterocycles. The molecule has 0 amide bonds. The summed E-state index contributed by atoms with van der Waals surface area (Å²) in [5.41, 5.74) is 3.59. The molecule has 2 N–H and O–H groups in total. The van der Waals surface area contributed by atoms with E-state index in [2.05, 4.69) is 52.5 Å². The van der Waals surface area contributed by atoms with Crippen LogP contribution in [0.15, 0.2) is 18.2 Å². The van der Waals surface area contributed by atoms with E-state index in [1.165, 1.54) is 12.0 Å². The molecule has 2 atom stereocenters. The SMILES string of the molecule is Cc1nc2ccc(C(C3CCNC3)N(C)C)cc2[nH]1. The lowest BCUT2D eigenvalue weighted by Gasteiger charge is -2.30. The molecule has 2 unspecified atom stereocenters. The summed E-state index contributed by atoms with van der Waals surface area (Å²) in [4.78, 5) is 10.1. The number of H-pyrrole nitrogens is 1. The highest BCUT2D eigenvalue weighted by atomic mass is 15.1. The highest BCUT2D eigenvalue weighted by molar-refractivity contribution is 5.76. The minimum atomic E-state index is 0.475. The van der Waals surface area contributed by atoms with Gasteiger partial charge in [0.2, 0.25) is 0 Å². The average molecular weight is 258 g/mol. The van der Waals surface area contributed by atoms with Crippen LogP contribution in [0.5, 0.6) is 0 Å². The molecule has 1 saturated heterocycles. The first-order valence-corrected chi connectivity index (χ1v) is 6.98. The van der Waals surface area contributed by atoms with Crippen LogP contribution in [0.1, 0.15) is 23.9 Å². The number of hydrogen-bond donors (Lipinski definition) is 2. The van der Waals surface area contributed by atoms with Crippen LogP contribution in [-0.4, -0.2) is 42.1 Å². The van der Waals surface area contributed by atoms with Crippen molar-refractivity contribution in [3.63, 3.8) is 0 Å². The molecule has 0 aliphatic carbocycles. The van der Waals surface area contributed by atoms with Crippen LogP contribution >= 0.6 is 0 Å². The normalized spacial score (nSPS) is 21.4. The van der Waals surface area contributed by atoms with E-state index >= 15 is 0 Å². The van der Waals surface area contributed by atoms with Gasteiger partial charge in [-0.15, -0.1) is 0 Å². The van der Waals surface area contributed by atoms with Crippen molar-refractivity contribution in [2.24, 2.45) is 5.92 Å². The van der Waals surface area contributed by atoms with Crippen LogP contribution in [0.2, 0.25) is 0 Å². The Morgan fingerprint density at radius 2 is 2.21 bits per heavy atom. The summed E-state index contributed by atoms with van der Waals surface area (Å²) < 4.78 is 0. The second-order valence-electron chi connectivity index (χ2n) is 5.76. The Bertz CT molecular complexity index is 567. The number of hydrogen-bond acceptors (Lipinski definition) is 3. The van der Waals surface area contributed by atoms with Gasteiger partial charge in [-0.2, -0.15) is 0 Å². The fourth-order valence-corrected chi connectivity index (χ4v) is 3.28. The number of aromatic nitrogens is 2. The van der Waals surface area contributed by atoms with Gasteiger partial charge in [-0.05, 0) is 64.1 Å². The van der Waals surface area contributed by atoms with Gasteiger partial charge in [0, 0.05) is 6.04 Å². The third-order valence-electron chi connectivity index (χ3n) is 4.07. The van der Waals surface area contributed by atoms with Gasteiger partial charge in [0.05, 0.1) is 11.0 Å². The van der Waals surface area contributed by atoms with E-state index in [9.17, 15) is 0 Å². The summed E-state index contributed by atoms with van der Waals surface area (Å²) in [6.07, 6.45) is 1.25. The first-order chi connectivity index (χ1) is 9.15. The van der Waals surface area contributed by atoms with Crippen LogP contribution < -0.4 is 5.32 Å². The Kier molecular flexibility index (Phi) is 3.29. The van der Waals surface area contributed by atoms with E-state index in [-0.39, 0.29) is 0 Å². The predicted octanol–water partition coefficient (Wildman–Crippen LogP) is 2.08. The Morgan fingerprint density at radius 1 is 1.37 bits per heavy atom. The Hall–Kier alpha value is -1.39. The zero-order valence-corrected chi connectivity index (χ0v) is 11.9. The van der Waals surface area contributed by atoms with Crippen molar-refractivity contribution in [1.29, 1.82) is 0 Å². The molecule has 0 saturated carbocycles. The van der Waals surface area contributed by atoms with Gasteiger partial charge in [0.1, 0.15) is 5.82 Å². The number of aromatic amines is 1. The number of nitrogens with zero attached hydrogens (tertiary/aromatic N) is 2. The van der Waals surface area contributed by atoms with Crippen LogP contribution in [0.3, 0.4) is 0 Å². The summed E-state index contributed by atoms with van der Waals surface area (Å²) in [6, 6.07) is 7.10. The smallest absolute Gasteiger partial charge is 0.104 e. The Morgan fingerprint density at radius 3 is 2.89 bits per heavy atom. The fourth-order valence-electron chi connectivity index (χ4n) is 3.28. The average Bonchev–Trinajstić information content (AvgIpc) is 2.96. The number of nitrogens with one attached hydrogen (secondary N) is 2. The highest BCUT2D eigenvalue weighted by Gasteiger charge is 2.28. The van der Waals surface area contributed by atoms with Gasteiger partial charge >= 0.3 is 0 Å². The molecule has 1 fully saturated rings. The van der Waals surface area contributed by atoms with Crippen molar-refractivity contribution < 1.29 is 0 Å². The maximum absolute atomic E-state index is 4.47. The van der Waals surface area contributed by atoms with Crippen molar-refractivity contribution in [2.75, 3.05) is 27.2 Å². The summed E-state index contributed by atoms with van der Waals surface area (Å²) in [7, 11) is 4.34. The maximum atomic E-state index is 4.47. The van der Waals surface area contributed by atoms with Gasteiger partial charge in [-0.1, -0.05) is 6.07 Å². The molecule has 4 heteroatoms. The number of imidazole rings is 1. The van der Waals surface area contributed by atoms with Crippen molar-refractivity contribution in [2.45, 2.75) is 19.4 Å². The van der Waals surface area contributed by atoms with E-state index in [0.717, 1.165) is 29.9 Å². The largest absolute Gasteiger partial charge is 0.342 e. The summed E-state index contributed by atoms with van der Waals surface area (Å²) >= 11 is 0. The molecule has 1 aliphatic heterocycles. The maximum Gasteiger partial charge on any atom is 0.104 e. The molecule has 3 rings (SSSR count). The zero-order valence-electron chi connectivity index (χ0n) is 11.9. The van der Waals surface area contributed by atoms with E-state index in [0.29, 0.717) is 12.0 Å². The lowest BCUT2D eigenvalue weighted by atomic mass is 9.91. The third-order valence-corrected chi connectivity index (χ3v) is 4.07. The van der Waals surface area contributed by atoms with Crippen LogP contribution in [0.4, 0.5) is 0 Å². The molecule has 1 aromatic carbocycles. The number of rotatable bonds is 3. The Labute approximate surface area is 114 Å². The molecule has 0 bridgehead atoms. The Balaban J connectivity index is 1.99. The molecule has 102 valence electrons. The van der Waals surface area contributed by atoms with Crippen LogP contribution in [0.25, 0.3) is 11.0 Å². The first kappa shape index (κ1) is 12.6. The fraction of sp³-hybridized carbons (Fsp3) is 0.533. The minimum Gasteiger partial charge on any atom is -0.342 e. The molecule has 2 aromatic rings. The zero-order chi connectivity index (χ0) is 13.4. The molecular weight excluding hydrogens is 236 g/mol. The summed E-state index contributed by atoms with van der Waals surface area (Å²) in [6.45, 7) is 4.26.